The zero-order chi connectivity index (χ0) is 34.5. The third-order valence-corrected chi connectivity index (χ3v) is 8.47. The van der Waals surface area contributed by atoms with E-state index in [0.29, 0.717) is 19.3 Å². The van der Waals surface area contributed by atoms with Crippen LogP contribution >= 0.6 is 0 Å². The van der Waals surface area contributed by atoms with Gasteiger partial charge < -0.3 is 19.7 Å². The molecule has 47 heavy (non-hydrogen) atoms. The van der Waals surface area contributed by atoms with Crippen molar-refractivity contribution in [1.29, 1.82) is 0 Å². The maximum absolute atomic E-state index is 12.0. The van der Waals surface area contributed by atoms with Gasteiger partial charge in [0.1, 0.15) is 19.3 Å². The lowest BCUT2D eigenvalue weighted by molar-refractivity contribution is -0.152. The smallest absolute Gasteiger partial charge is 0.305 e. The van der Waals surface area contributed by atoms with E-state index in [0.717, 1.165) is 64.2 Å². The monoisotopic (exact) mass is 663 g/mol. The highest BCUT2D eigenvalue weighted by molar-refractivity contribution is 5.69. The van der Waals surface area contributed by atoms with Crippen molar-refractivity contribution in [1.82, 2.24) is 0 Å². The summed E-state index contributed by atoms with van der Waals surface area (Å²) in [6.45, 7) is 4.08. The fraction of sp³-hybridized carbons (Fsp3) is 0.805. The summed E-state index contributed by atoms with van der Waals surface area (Å²) < 4.78 is 10.3. The zero-order valence-corrected chi connectivity index (χ0v) is 30.7. The number of unbranched alkanes of at least 4 members (excludes halogenated alkanes) is 21. The normalized spacial score (nSPS) is 13.2. The van der Waals surface area contributed by atoms with Crippen LogP contribution in [0.2, 0.25) is 0 Å². The van der Waals surface area contributed by atoms with E-state index < -0.39 is 12.2 Å². The third kappa shape index (κ3) is 36.8. The van der Waals surface area contributed by atoms with Crippen LogP contribution in [-0.4, -0.2) is 47.6 Å². The van der Waals surface area contributed by atoms with Gasteiger partial charge in [-0.05, 0) is 38.5 Å². The average molecular weight is 663 g/mol. The summed E-state index contributed by atoms with van der Waals surface area (Å²) in [6, 6.07) is 0. The molecule has 0 fully saturated rings. The van der Waals surface area contributed by atoms with Crippen molar-refractivity contribution in [2.45, 2.75) is 199 Å². The average Bonchev–Trinajstić information content (AvgIpc) is 3.06. The highest BCUT2D eigenvalue weighted by atomic mass is 16.6. The lowest BCUT2D eigenvalue weighted by Gasteiger charge is -2.12. The Bertz CT molecular complexity index is 774. The fourth-order valence-corrected chi connectivity index (χ4v) is 5.47. The van der Waals surface area contributed by atoms with E-state index in [1.165, 1.54) is 89.9 Å². The van der Waals surface area contributed by atoms with Crippen LogP contribution in [0.3, 0.4) is 0 Å². The highest BCUT2D eigenvalue weighted by Crippen LogP contribution is 2.15. The minimum Gasteiger partial charge on any atom is -0.463 e. The summed E-state index contributed by atoms with van der Waals surface area (Å²) >= 11 is 0. The van der Waals surface area contributed by atoms with Gasteiger partial charge in [-0.2, -0.15) is 0 Å². The minimum absolute atomic E-state index is 0.133. The summed E-state index contributed by atoms with van der Waals surface area (Å²) in [5.41, 5.74) is 0. The summed E-state index contributed by atoms with van der Waals surface area (Å²) in [5.74, 6) is -0.612. The predicted molar refractivity (Wildman–Crippen MR) is 197 cm³/mol. The summed E-state index contributed by atoms with van der Waals surface area (Å²) in [4.78, 5) is 23.9. The number of esters is 2. The van der Waals surface area contributed by atoms with E-state index in [-0.39, 0.29) is 25.2 Å². The molecule has 0 saturated carbocycles. The number of aliphatic hydroxyl groups is 2. The Morgan fingerprint density at radius 3 is 1.40 bits per heavy atom. The molecule has 0 aliphatic carbocycles. The Balaban J connectivity index is 3.48. The van der Waals surface area contributed by atoms with Crippen molar-refractivity contribution < 1.29 is 29.3 Å². The summed E-state index contributed by atoms with van der Waals surface area (Å²) in [5, 5.41) is 19.8. The molecule has 0 spiro atoms. The first kappa shape index (κ1) is 45.1. The van der Waals surface area contributed by atoms with Crippen molar-refractivity contribution in [2.75, 3.05) is 13.2 Å². The van der Waals surface area contributed by atoms with Gasteiger partial charge in [0.25, 0.3) is 0 Å². The Hall–Kier alpha value is -1.92. The van der Waals surface area contributed by atoms with Crippen LogP contribution in [-0.2, 0) is 19.1 Å². The molecule has 274 valence electrons. The molecule has 0 aromatic carbocycles. The van der Waals surface area contributed by atoms with Crippen molar-refractivity contribution in [3.05, 3.63) is 36.5 Å². The van der Waals surface area contributed by atoms with E-state index in [4.69, 9.17) is 9.47 Å². The number of ether oxygens (including phenoxy) is 2. The number of hydrogen-bond donors (Lipinski definition) is 2. The van der Waals surface area contributed by atoms with Crippen LogP contribution in [0.5, 0.6) is 0 Å². The lowest BCUT2D eigenvalue weighted by atomic mass is 10.0. The van der Waals surface area contributed by atoms with Crippen LogP contribution < -0.4 is 0 Å². The number of carbonyl (C=O) groups excluding carboxylic acids is 2. The van der Waals surface area contributed by atoms with Crippen LogP contribution in [0.4, 0.5) is 0 Å². The van der Waals surface area contributed by atoms with Gasteiger partial charge >= 0.3 is 11.9 Å². The molecule has 6 nitrogen and oxygen atoms in total. The molecule has 0 bridgehead atoms. The molecule has 0 saturated heterocycles. The van der Waals surface area contributed by atoms with Crippen molar-refractivity contribution in [3.63, 3.8) is 0 Å². The number of rotatable bonds is 35. The second-order valence-corrected chi connectivity index (χ2v) is 13.2. The van der Waals surface area contributed by atoms with Gasteiger partial charge in [0.15, 0.2) is 0 Å². The molecule has 0 heterocycles. The van der Waals surface area contributed by atoms with E-state index in [1.807, 2.05) is 24.3 Å². The second-order valence-electron chi connectivity index (χ2n) is 13.2. The molecule has 0 radical (unpaired) electrons. The zero-order valence-electron chi connectivity index (χ0n) is 30.7. The number of allylic oxidation sites excluding steroid dienone is 4. The largest absolute Gasteiger partial charge is 0.463 e. The van der Waals surface area contributed by atoms with Gasteiger partial charge in [-0.1, -0.05) is 172 Å². The van der Waals surface area contributed by atoms with Gasteiger partial charge in [-0.15, -0.1) is 0 Å². The molecule has 0 rings (SSSR count). The first-order valence-electron chi connectivity index (χ1n) is 19.6. The van der Waals surface area contributed by atoms with E-state index in [9.17, 15) is 19.8 Å². The summed E-state index contributed by atoms with van der Waals surface area (Å²) in [6.07, 6.45) is 41.0. The van der Waals surface area contributed by atoms with E-state index >= 15 is 0 Å². The van der Waals surface area contributed by atoms with Crippen LogP contribution in [0, 0.1) is 0 Å². The molecule has 1 unspecified atom stereocenters. The van der Waals surface area contributed by atoms with Gasteiger partial charge in [0.2, 0.25) is 0 Å². The number of aliphatic hydroxyl groups excluding tert-OH is 2. The Labute approximate surface area is 289 Å². The molecule has 0 aliphatic heterocycles. The number of carbonyl (C=O) groups is 2. The molecule has 0 aliphatic rings. The lowest BCUT2D eigenvalue weighted by Crippen LogP contribution is -2.25. The summed E-state index contributed by atoms with van der Waals surface area (Å²) in [7, 11) is 0. The van der Waals surface area contributed by atoms with Crippen LogP contribution in [0.25, 0.3) is 0 Å². The SMILES string of the molecule is CC/C=C/CC(O)/C=C/C=C/CCCCCCCC(=O)OC[C@H](O)COC(=O)CCCCCCCCCCCCCCCCCCC. The van der Waals surface area contributed by atoms with Gasteiger partial charge in [0, 0.05) is 12.8 Å². The molecule has 0 aromatic heterocycles. The number of hydrogen-bond acceptors (Lipinski definition) is 6. The predicted octanol–water partition coefficient (Wildman–Crippen LogP) is 11.0. The minimum atomic E-state index is -0.984. The topological polar surface area (TPSA) is 93.1 Å². The van der Waals surface area contributed by atoms with Crippen molar-refractivity contribution in [2.24, 2.45) is 0 Å². The first-order valence-corrected chi connectivity index (χ1v) is 19.6. The quantitative estimate of drug-likeness (QED) is 0.0304. The maximum atomic E-state index is 12.0. The van der Waals surface area contributed by atoms with Crippen molar-refractivity contribution in [3.8, 4) is 0 Å². The van der Waals surface area contributed by atoms with Crippen LogP contribution in [0.1, 0.15) is 187 Å². The fourth-order valence-electron chi connectivity index (χ4n) is 5.47. The van der Waals surface area contributed by atoms with Crippen LogP contribution in [0.15, 0.2) is 36.5 Å². The van der Waals surface area contributed by atoms with E-state index in [2.05, 4.69) is 26.0 Å². The molecule has 2 N–H and O–H groups in total. The molecule has 0 amide bonds. The van der Waals surface area contributed by atoms with Crippen molar-refractivity contribution >= 4 is 11.9 Å². The standard InChI is InChI=1S/C41H74O6/c1-3-5-7-8-9-10-11-12-13-14-15-16-17-20-23-26-30-34-40(44)46-36-39(43)37-47-41(45)35-31-27-24-21-18-19-22-25-29-33-38(42)32-28-6-4-2/h6,22,25,28-29,33,38-39,42-43H,3-5,7-21,23-24,26-27,30-32,34-37H2,1-2H3/b25-22+,28-6+,33-29+/t38?,39-/m1/s1. The Morgan fingerprint density at radius 1 is 0.532 bits per heavy atom. The molecule has 2 atom stereocenters. The first-order chi connectivity index (χ1) is 23.0. The molecular formula is C41H74O6. The Morgan fingerprint density at radius 2 is 0.957 bits per heavy atom. The second kappa shape index (κ2) is 36.9. The van der Waals surface area contributed by atoms with Gasteiger partial charge in [0.05, 0.1) is 6.10 Å². The van der Waals surface area contributed by atoms with E-state index in [1.54, 1.807) is 0 Å². The Kier molecular flexibility index (Phi) is 35.4. The van der Waals surface area contributed by atoms with Gasteiger partial charge in [-0.25, -0.2) is 0 Å². The third-order valence-electron chi connectivity index (χ3n) is 8.47. The molecule has 0 aromatic rings. The maximum Gasteiger partial charge on any atom is 0.305 e. The van der Waals surface area contributed by atoms with Gasteiger partial charge in [-0.3, -0.25) is 9.59 Å². The highest BCUT2D eigenvalue weighted by Gasteiger charge is 2.12. The molecular weight excluding hydrogens is 588 g/mol. The molecule has 6 heteroatoms.